The fourth-order valence-corrected chi connectivity index (χ4v) is 1.43. The molecule has 5 nitrogen and oxygen atoms in total. The summed E-state index contributed by atoms with van der Waals surface area (Å²) in [7, 11) is 0. The van der Waals surface area contributed by atoms with E-state index in [1.165, 1.54) is 0 Å². The number of hydrogen-bond acceptors (Lipinski definition) is 4. The molecule has 0 atom stereocenters. The fraction of sp³-hybridized carbons (Fsp3) is 0. The second-order valence-corrected chi connectivity index (χ2v) is 3.78. The molecule has 2 aromatic rings. The zero-order chi connectivity index (χ0) is 11.5. The minimum Gasteiger partial charge on any atom is -0.323 e. The number of aromatic nitrogens is 3. The van der Waals surface area contributed by atoms with Gasteiger partial charge in [-0.05, 0) is 18.2 Å². The van der Waals surface area contributed by atoms with Crippen molar-refractivity contribution in [2.24, 2.45) is 0 Å². The molecular weight excluding hydrogens is 251 g/mol. The molecule has 82 valence electrons. The van der Waals surface area contributed by atoms with Crippen LogP contribution in [0.2, 0.25) is 10.0 Å². The van der Waals surface area contributed by atoms with Crippen molar-refractivity contribution in [1.82, 2.24) is 15.2 Å². The number of halogens is 2. The van der Waals surface area contributed by atoms with Crippen molar-refractivity contribution in [3.63, 3.8) is 0 Å². The quantitative estimate of drug-likeness (QED) is 0.865. The van der Waals surface area contributed by atoms with Gasteiger partial charge in [0.2, 0.25) is 5.95 Å². The summed E-state index contributed by atoms with van der Waals surface area (Å²) in [6.45, 7) is 0. The molecule has 0 radical (unpaired) electrons. The average Bonchev–Trinajstić information content (AvgIpc) is 2.24. The van der Waals surface area contributed by atoms with Crippen molar-refractivity contribution in [2.45, 2.75) is 0 Å². The topological polar surface area (TPSA) is 70.7 Å². The summed E-state index contributed by atoms with van der Waals surface area (Å²) in [6.07, 6.45) is 1.07. The van der Waals surface area contributed by atoms with Gasteiger partial charge in [-0.25, -0.2) is 0 Å². The smallest absolute Gasteiger partial charge is 0.271 e. The molecule has 2 rings (SSSR count). The van der Waals surface area contributed by atoms with Crippen LogP contribution in [-0.4, -0.2) is 15.2 Å². The third kappa shape index (κ3) is 2.50. The highest BCUT2D eigenvalue weighted by Gasteiger charge is 2.03. The zero-order valence-electron chi connectivity index (χ0n) is 7.87. The van der Waals surface area contributed by atoms with Gasteiger partial charge in [0.25, 0.3) is 5.56 Å². The fourth-order valence-electron chi connectivity index (χ4n) is 1.09. The minimum absolute atomic E-state index is 0.205. The first kappa shape index (κ1) is 10.9. The lowest BCUT2D eigenvalue weighted by Gasteiger charge is -2.06. The Hall–Kier alpha value is -1.59. The number of anilines is 2. The van der Waals surface area contributed by atoms with Gasteiger partial charge < -0.3 is 5.32 Å². The minimum atomic E-state index is -0.351. The van der Waals surface area contributed by atoms with Gasteiger partial charge in [0, 0.05) is 5.02 Å². The first-order valence-electron chi connectivity index (χ1n) is 4.29. The Morgan fingerprint density at radius 3 is 2.88 bits per heavy atom. The lowest BCUT2D eigenvalue weighted by Crippen LogP contribution is -2.10. The summed E-state index contributed by atoms with van der Waals surface area (Å²) in [6, 6.07) is 4.92. The van der Waals surface area contributed by atoms with Gasteiger partial charge in [0.05, 0.1) is 10.7 Å². The molecule has 7 heteroatoms. The molecule has 0 aliphatic rings. The molecule has 0 fully saturated rings. The number of aromatic amines is 1. The number of benzene rings is 1. The standard InChI is InChI=1S/C9H6Cl2N4O/c10-5-1-2-6(11)7(3-5)13-9-14-8(16)4-12-15-9/h1-4H,(H2,13,14,15,16). The third-order valence-corrected chi connectivity index (χ3v) is 2.32. The SMILES string of the molecule is O=c1cnnc(Nc2cc(Cl)ccc2Cl)[nH]1. The van der Waals surface area contributed by atoms with E-state index >= 15 is 0 Å². The van der Waals surface area contributed by atoms with Crippen LogP contribution in [0.25, 0.3) is 0 Å². The molecule has 1 heterocycles. The van der Waals surface area contributed by atoms with E-state index in [4.69, 9.17) is 23.2 Å². The summed E-state index contributed by atoms with van der Waals surface area (Å²) in [5.41, 5.74) is 0.195. The van der Waals surface area contributed by atoms with Gasteiger partial charge in [-0.15, -0.1) is 10.2 Å². The Morgan fingerprint density at radius 1 is 1.31 bits per heavy atom. The van der Waals surface area contributed by atoms with Gasteiger partial charge in [-0.1, -0.05) is 23.2 Å². The highest BCUT2D eigenvalue weighted by Crippen LogP contribution is 2.26. The van der Waals surface area contributed by atoms with Crippen molar-refractivity contribution >= 4 is 34.8 Å². The van der Waals surface area contributed by atoms with Crippen LogP contribution < -0.4 is 10.9 Å². The highest BCUT2D eigenvalue weighted by atomic mass is 35.5. The van der Waals surface area contributed by atoms with Crippen LogP contribution in [-0.2, 0) is 0 Å². The van der Waals surface area contributed by atoms with E-state index in [9.17, 15) is 4.79 Å². The van der Waals surface area contributed by atoms with E-state index in [1.54, 1.807) is 18.2 Å². The molecule has 1 aromatic heterocycles. The molecular formula is C9H6Cl2N4O. The van der Waals surface area contributed by atoms with Crippen molar-refractivity contribution in [2.75, 3.05) is 5.32 Å². The normalized spacial score (nSPS) is 10.1. The maximum Gasteiger partial charge on any atom is 0.271 e. The molecule has 0 aliphatic carbocycles. The van der Waals surface area contributed by atoms with E-state index in [1.807, 2.05) is 0 Å². The largest absolute Gasteiger partial charge is 0.323 e. The van der Waals surface area contributed by atoms with E-state index in [0.717, 1.165) is 6.20 Å². The van der Waals surface area contributed by atoms with Crippen molar-refractivity contribution < 1.29 is 0 Å². The summed E-state index contributed by atoms with van der Waals surface area (Å²) in [4.78, 5) is 13.4. The highest BCUT2D eigenvalue weighted by molar-refractivity contribution is 6.35. The average molecular weight is 257 g/mol. The molecule has 0 unspecified atom stereocenters. The Morgan fingerprint density at radius 2 is 2.12 bits per heavy atom. The van der Waals surface area contributed by atoms with Crippen LogP contribution in [0.4, 0.5) is 11.6 Å². The number of nitrogens with zero attached hydrogens (tertiary/aromatic N) is 2. The zero-order valence-corrected chi connectivity index (χ0v) is 9.38. The van der Waals surface area contributed by atoms with Crippen LogP contribution in [0.3, 0.4) is 0 Å². The Kier molecular flexibility index (Phi) is 3.07. The van der Waals surface area contributed by atoms with Gasteiger partial charge in [-0.3, -0.25) is 9.78 Å². The summed E-state index contributed by atoms with van der Waals surface area (Å²) >= 11 is 11.7. The van der Waals surface area contributed by atoms with Crippen molar-refractivity contribution in [1.29, 1.82) is 0 Å². The summed E-state index contributed by atoms with van der Waals surface area (Å²) < 4.78 is 0. The molecule has 0 bridgehead atoms. The Bertz CT molecular complexity index is 569. The predicted molar refractivity (Wildman–Crippen MR) is 62.4 cm³/mol. The Balaban J connectivity index is 2.33. The second kappa shape index (κ2) is 4.51. The van der Waals surface area contributed by atoms with Gasteiger partial charge in [-0.2, -0.15) is 0 Å². The van der Waals surface area contributed by atoms with Crippen LogP contribution in [0.15, 0.2) is 29.2 Å². The number of H-pyrrole nitrogens is 1. The number of hydrogen-bond donors (Lipinski definition) is 2. The lowest BCUT2D eigenvalue weighted by atomic mass is 10.3. The first-order chi connectivity index (χ1) is 7.65. The van der Waals surface area contributed by atoms with Crippen molar-refractivity contribution in [3.8, 4) is 0 Å². The maximum atomic E-state index is 11.0. The monoisotopic (exact) mass is 256 g/mol. The molecule has 0 saturated carbocycles. The van der Waals surface area contributed by atoms with E-state index in [0.29, 0.717) is 15.7 Å². The summed E-state index contributed by atoms with van der Waals surface area (Å²) in [5, 5.41) is 11.0. The first-order valence-corrected chi connectivity index (χ1v) is 5.05. The van der Waals surface area contributed by atoms with Gasteiger partial charge in [0.15, 0.2) is 0 Å². The molecule has 0 saturated heterocycles. The lowest BCUT2D eigenvalue weighted by molar-refractivity contribution is 0.954. The molecule has 2 N–H and O–H groups in total. The van der Waals surface area contributed by atoms with Gasteiger partial charge >= 0.3 is 0 Å². The molecule has 1 aromatic carbocycles. The van der Waals surface area contributed by atoms with E-state index < -0.39 is 0 Å². The molecule has 0 spiro atoms. The van der Waals surface area contributed by atoms with Crippen LogP contribution in [0, 0.1) is 0 Å². The van der Waals surface area contributed by atoms with Gasteiger partial charge in [0.1, 0.15) is 6.20 Å². The molecule has 0 aliphatic heterocycles. The second-order valence-electron chi connectivity index (χ2n) is 2.93. The third-order valence-electron chi connectivity index (χ3n) is 1.76. The number of nitrogens with one attached hydrogen (secondary N) is 2. The molecule has 0 amide bonds. The predicted octanol–water partition coefficient (Wildman–Crippen LogP) is 2.22. The van der Waals surface area contributed by atoms with Crippen LogP contribution in [0.1, 0.15) is 0 Å². The van der Waals surface area contributed by atoms with E-state index in [2.05, 4.69) is 20.5 Å². The van der Waals surface area contributed by atoms with E-state index in [-0.39, 0.29) is 11.5 Å². The van der Waals surface area contributed by atoms with Crippen LogP contribution in [0.5, 0.6) is 0 Å². The Labute approximate surface area is 100 Å². The number of rotatable bonds is 2. The maximum absolute atomic E-state index is 11.0. The molecule has 16 heavy (non-hydrogen) atoms. The van der Waals surface area contributed by atoms with Crippen molar-refractivity contribution in [3.05, 3.63) is 44.8 Å². The summed E-state index contributed by atoms with van der Waals surface area (Å²) in [5.74, 6) is 0.205. The van der Waals surface area contributed by atoms with Crippen LogP contribution >= 0.6 is 23.2 Å².